The van der Waals surface area contributed by atoms with Crippen LogP contribution in [0, 0.1) is 5.92 Å². The molecule has 1 heterocycles. The third-order valence-corrected chi connectivity index (χ3v) is 4.58. The highest BCUT2D eigenvalue weighted by Gasteiger charge is 2.38. The first-order chi connectivity index (χ1) is 14.5. The fourth-order valence-electron chi connectivity index (χ4n) is 3.21. The summed E-state index contributed by atoms with van der Waals surface area (Å²) in [4.78, 5) is 28.6. The molecule has 0 radical (unpaired) electrons. The predicted molar refractivity (Wildman–Crippen MR) is 110 cm³/mol. The Hall–Kier alpha value is -3.55. The van der Waals surface area contributed by atoms with Crippen molar-refractivity contribution in [3.63, 3.8) is 0 Å². The van der Waals surface area contributed by atoms with E-state index < -0.39 is 24.0 Å². The van der Waals surface area contributed by atoms with Gasteiger partial charge in [0.25, 0.3) is 0 Å². The number of aliphatic imine (C=N–C) groups is 1. The molecule has 0 spiro atoms. The van der Waals surface area contributed by atoms with Gasteiger partial charge in [-0.05, 0) is 43.7 Å². The van der Waals surface area contributed by atoms with Crippen LogP contribution in [0.5, 0.6) is 17.2 Å². The topological polar surface area (TPSA) is 106 Å². The van der Waals surface area contributed by atoms with E-state index in [0.29, 0.717) is 23.6 Å². The molecule has 2 amide bonds. The van der Waals surface area contributed by atoms with Crippen molar-refractivity contribution in [1.29, 1.82) is 0 Å². The lowest BCUT2D eigenvalue weighted by Crippen LogP contribution is -2.44. The van der Waals surface area contributed by atoms with Crippen LogP contribution >= 0.6 is 0 Å². The van der Waals surface area contributed by atoms with E-state index in [0.717, 1.165) is 0 Å². The van der Waals surface area contributed by atoms with Crippen molar-refractivity contribution in [3.8, 4) is 17.2 Å². The second-order valence-corrected chi connectivity index (χ2v) is 6.65. The minimum Gasteiger partial charge on any atom is -0.504 e. The van der Waals surface area contributed by atoms with Crippen molar-refractivity contribution in [2.45, 2.75) is 19.9 Å². The number of phenolic OH excluding ortho intramolecular Hbond substituents is 1. The highest BCUT2D eigenvalue weighted by molar-refractivity contribution is 6.08. The number of esters is 1. The van der Waals surface area contributed by atoms with Gasteiger partial charge in [0.15, 0.2) is 11.5 Å². The first-order valence-electron chi connectivity index (χ1n) is 9.65. The molecule has 0 fully saturated rings. The molecule has 8 heteroatoms. The Morgan fingerprint density at radius 2 is 1.90 bits per heavy atom. The van der Waals surface area contributed by atoms with Gasteiger partial charge in [-0.15, -0.1) is 0 Å². The number of ether oxygens (including phenoxy) is 3. The molecule has 8 nitrogen and oxygen atoms in total. The number of benzene rings is 2. The lowest BCUT2D eigenvalue weighted by atomic mass is 9.88. The van der Waals surface area contributed by atoms with E-state index >= 15 is 0 Å². The van der Waals surface area contributed by atoms with Gasteiger partial charge < -0.3 is 24.6 Å². The summed E-state index contributed by atoms with van der Waals surface area (Å²) in [6.45, 7) is 4.02. The number of carbonyl (C=O) groups is 2. The molecule has 2 aromatic carbocycles. The van der Waals surface area contributed by atoms with Crippen molar-refractivity contribution in [3.05, 3.63) is 54.1 Å². The number of aromatic hydroxyl groups is 1. The van der Waals surface area contributed by atoms with Crippen LogP contribution in [0.1, 0.15) is 25.5 Å². The van der Waals surface area contributed by atoms with Gasteiger partial charge in [0.05, 0.1) is 12.6 Å². The maximum Gasteiger partial charge on any atom is 0.341 e. The Kier molecular flexibility index (Phi) is 6.90. The van der Waals surface area contributed by atoms with Gasteiger partial charge in [-0.1, -0.05) is 24.3 Å². The van der Waals surface area contributed by atoms with Gasteiger partial charge in [-0.25, -0.2) is 9.79 Å². The number of nitrogens with one attached hydrogen (secondary N) is 1. The third kappa shape index (κ3) is 5.08. The molecule has 158 valence electrons. The van der Waals surface area contributed by atoms with Gasteiger partial charge in [-0.3, -0.25) is 4.79 Å². The number of carbonyl (C=O) groups excluding carboxylic acids is 2. The number of nitrogens with zero attached hydrogens (tertiary/aromatic N) is 1. The van der Waals surface area contributed by atoms with Gasteiger partial charge in [0.2, 0.25) is 0 Å². The van der Waals surface area contributed by atoms with Gasteiger partial charge >= 0.3 is 12.0 Å². The quantitative estimate of drug-likeness (QED) is 0.509. The molecule has 3 rings (SSSR count). The van der Waals surface area contributed by atoms with Gasteiger partial charge in [0, 0.05) is 5.71 Å². The van der Waals surface area contributed by atoms with E-state index in [1.807, 2.05) is 30.3 Å². The van der Waals surface area contributed by atoms with Crippen molar-refractivity contribution in [2.24, 2.45) is 10.9 Å². The number of rotatable bonds is 8. The molecule has 0 saturated heterocycles. The Morgan fingerprint density at radius 3 is 2.63 bits per heavy atom. The predicted octanol–water partition coefficient (Wildman–Crippen LogP) is 3.25. The molecule has 0 aliphatic carbocycles. The summed E-state index contributed by atoms with van der Waals surface area (Å²) in [6, 6.07) is 12.7. The number of phenols is 1. The molecule has 30 heavy (non-hydrogen) atoms. The molecule has 2 N–H and O–H groups in total. The average Bonchev–Trinajstić information content (AvgIpc) is 2.73. The molecule has 0 aromatic heterocycles. The van der Waals surface area contributed by atoms with Crippen LogP contribution in [0.4, 0.5) is 4.79 Å². The summed E-state index contributed by atoms with van der Waals surface area (Å²) in [6.07, 6.45) is 0. The van der Waals surface area contributed by atoms with Crippen molar-refractivity contribution >= 4 is 17.7 Å². The summed E-state index contributed by atoms with van der Waals surface area (Å²) in [5, 5.41) is 12.6. The Bertz CT molecular complexity index is 928. The molecular formula is C22H24N2O6. The standard InChI is InChI=1S/C22H24N2O6/c1-3-28-18-13-15(9-10-17(18)25)20-19(14(2)23-22(27)24-20)21(26)30-12-11-29-16-7-5-4-6-8-16/h4-10,13,19-20,25H,3,11-12H2,1-2H3,(H,24,27). The van der Waals surface area contributed by atoms with E-state index in [1.54, 1.807) is 26.0 Å². The fraction of sp³-hybridized carbons (Fsp3) is 0.318. The molecule has 1 aliphatic rings. The second-order valence-electron chi connectivity index (χ2n) is 6.65. The fourth-order valence-corrected chi connectivity index (χ4v) is 3.21. The molecule has 2 aromatic rings. The Balaban J connectivity index is 1.71. The SMILES string of the molecule is CCOc1cc(C2NC(=O)N=C(C)C2C(=O)OCCOc2ccccc2)ccc1O. The van der Waals surface area contributed by atoms with Crippen LogP contribution in [0.25, 0.3) is 0 Å². The summed E-state index contributed by atoms with van der Waals surface area (Å²) in [7, 11) is 0. The Labute approximate surface area is 174 Å². The summed E-state index contributed by atoms with van der Waals surface area (Å²) in [5.74, 6) is -0.401. The minimum absolute atomic E-state index is 0.0229. The van der Waals surface area contributed by atoms with Crippen LogP contribution in [-0.2, 0) is 9.53 Å². The number of urea groups is 1. The third-order valence-electron chi connectivity index (χ3n) is 4.58. The molecule has 1 aliphatic heterocycles. The summed E-state index contributed by atoms with van der Waals surface area (Å²) in [5.41, 5.74) is 0.949. The lowest BCUT2D eigenvalue weighted by Gasteiger charge is -2.30. The van der Waals surface area contributed by atoms with Crippen LogP contribution in [-0.4, -0.2) is 42.6 Å². The highest BCUT2D eigenvalue weighted by atomic mass is 16.6. The largest absolute Gasteiger partial charge is 0.504 e. The van der Waals surface area contributed by atoms with E-state index in [-0.39, 0.29) is 24.7 Å². The number of hydrogen-bond donors (Lipinski definition) is 2. The summed E-state index contributed by atoms with van der Waals surface area (Å²) >= 11 is 0. The zero-order valence-corrected chi connectivity index (χ0v) is 16.8. The van der Waals surface area contributed by atoms with Crippen LogP contribution in [0.2, 0.25) is 0 Å². The Morgan fingerprint density at radius 1 is 1.13 bits per heavy atom. The first kappa shape index (κ1) is 21.2. The summed E-state index contributed by atoms with van der Waals surface area (Å²) < 4.78 is 16.3. The molecular weight excluding hydrogens is 388 g/mol. The second kappa shape index (κ2) is 9.78. The zero-order chi connectivity index (χ0) is 21.5. The molecule has 2 atom stereocenters. The van der Waals surface area contributed by atoms with Crippen LogP contribution in [0.15, 0.2) is 53.5 Å². The van der Waals surface area contributed by atoms with E-state index in [1.165, 1.54) is 6.07 Å². The van der Waals surface area contributed by atoms with Crippen LogP contribution < -0.4 is 14.8 Å². The average molecular weight is 412 g/mol. The van der Waals surface area contributed by atoms with Crippen LogP contribution in [0.3, 0.4) is 0 Å². The van der Waals surface area contributed by atoms with Crippen molar-refractivity contribution in [2.75, 3.05) is 19.8 Å². The smallest absolute Gasteiger partial charge is 0.341 e. The van der Waals surface area contributed by atoms with Crippen molar-refractivity contribution < 1.29 is 28.9 Å². The molecule has 0 saturated carbocycles. The first-order valence-corrected chi connectivity index (χ1v) is 9.65. The van der Waals surface area contributed by atoms with Gasteiger partial charge in [0.1, 0.15) is 24.9 Å². The van der Waals surface area contributed by atoms with E-state index in [4.69, 9.17) is 14.2 Å². The highest BCUT2D eigenvalue weighted by Crippen LogP contribution is 2.34. The maximum atomic E-state index is 12.8. The van der Waals surface area contributed by atoms with E-state index in [9.17, 15) is 14.7 Å². The van der Waals surface area contributed by atoms with E-state index in [2.05, 4.69) is 10.3 Å². The minimum atomic E-state index is -0.807. The van der Waals surface area contributed by atoms with Gasteiger partial charge in [-0.2, -0.15) is 0 Å². The monoisotopic (exact) mass is 412 g/mol. The molecule has 2 unspecified atom stereocenters. The number of hydrogen-bond acceptors (Lipinski definition) is 6. The maximum absolute atomic E-state index is 12.8. The lowest BCUT2D eigenvalue weighted by molar-refractivity contribution is -0.147. The number of para-hydroxylation sites is 1. The van der Waals surface area contributed by atoms with Crippen molar-refractivity contribution in [1.82, 2.24) is 5.32 Å². The zero-order valence-electron chi connectivity index (χ0n) is 16.8. The normalized spacial score (nSPS) is 18.2. The molecule has 0 bridgehead atoms. The number of amides is 2.